The Morgan fingerprint density at radius 2 is 1.89 bits per heavy atom. The minimum atomic E-state index is -4.78. The Morgan fingerprint density at radius 1 is 1.11 bits per heavy atom. The number of nitrogens with zero attached hydrogens (tertiary/aromatic N) is 4. The van der Waals surface area contributed by atoms with Gasteiger partial charge in [0.15, 0.2) is 5.82 Å². The smallest absolute Gasteiger partial charge is 0.445 e. The molecule has 35 heavy (non-hydrogen) atoms. The zero-order chi connectivity index (χ0) is 24.7. The SMILES string of the molecule is O=C(c1cc(F)c2n[nH]nc2c1)N1C=C2CN(C(=O)OCc3ccc(OC(F)(F)F)cc3)C[C@@H]2C1. The van der Waals surface area contributed by atoms with Crippen LogP contribution in [0.15, 0.2) is 48.2 Å². The van der Waals surface area contributed by atoms with Gasteiger partial charge in [0.1, 0.15) is 23.4 Å². The molecule has 3 heterocycles. The van der Waals surface area contributed by atoms with Gasteiger partial charge in [-0.25, -0.2) is 9.18 Å². The molecular weight excluding hydrogens is 474 g/mol. The number of ether oxygens (including phenoxy) is 2. The molecule has 3 aromatic rings. The molecule has 13 heteroatoms. The summed E-state index contributed by atoms with van der Waals surface area (Å²) in [5.41, 5.74) is 1.81. The molecule has 1 N–H and O–H groups in total. The van der Waals surface area contributed by atoms with Crippen LogP contribution in [0.5, 0.6) is 5.75 Å². The van der Waals surface area contributed by atoms with Gasteiger partial charge < -0.3 is 19.3 Å². The third-order valence-electron chi connectivity index (χ3n) is 5.74. The Labute approximate surface area is 194 Å². The van der Waals surface area contributed by atoms with Crippen LogP contribution in [0.1, 0.15) is 15.9 Å². The molecule has 0 unspecified atom stereocenters. The van der Waals surface area contributed by atoms with E-state index in [4.69, 9.17) is 4.74 Å². The van der Waals surface area contributed by atoms with Crippen LogP contribution in [0.3, 0.4) is 0 Å². The third-order valence-corrected chi connectivity index (χ3v) is 5.74. The number of hydrogen-bond acceptors (Lipinski definition) is 6. The fourth-order valence-corrected chi connectivity index (χ4v) is 4.11. The number of fused-ring (bicyclic) bond motifs is 2. The van der Waals surface area contributed by atoms with Crippen LogP contribution in [-0.4, -0.2) is 63.2 Å². The third kappa shape index (κ3) is 4.74. The van der Waals surface area contributed by atoms with Crippen molar-refractivity contribution in [1.29, 1.82) is 0 Å². The van der Waals surface area contributed by atoms with Crippen molar-refractivity contribution in [3.8, 4) is 5.75 Å². The maximum Gasteiger partial charge on any atom is 0.573 e. The second-order valence-corrected chi connectivity index (χ2v) is 8.13. The van der Waals surface area contributed by atoms with Gasteiger partial charge in [-0.3, -0.25) is 4.79 Å². The molecule has 0 saturated carbocycles. The van der Waals surface area contributed by atoms with Gasteiger partial charge in [0.2, 0.25) is 0 Å². The largest absolute Gasteiger partial charge is 0.573 e. The minimum Gasteiger partial charge on any atom is -0.445 e. The van der Waals surface area contributed by atoms with Gasteiger partial charge in [-0.2, -0.15) is 15.4 Å². The number of rotatable bonds is 4. The molecule has 2 aliphatic heterocycles. The van der Waals surface area contributed by atoms with Crippen LogP contribution in [0, 0.1) is 11.7 Å². The van der Waals surface area contributed by atoms with Crippen LogP contribution < -0.4 is 4.74 Å². The Bertz CT molecular complexity index is 1320. The summed E-state index contributed by atoms with van der Waals surface area (Å²) in [5.74, 6) is -1.48. The number of hydrogen-bond donors (Lipinski definition) is 1. The van der Waals surface area contributed by atoms with Gasteiger partial charge >= 0.3 is 12.5 Å². The van der Waals surface area contributed by atoms with E-state index in [9.17, 15) is 27.2 Å². The lowest BCUT2D eigenvalue weighted by molar-refractivity contribution is -0.274. The summed E-state index contributed by atoms with van der Waals surface area (Å²) in [7, 11) is 0. The molecule has 2 aromatic carbocycles. The molecule has 1 saturated heterocycles. The second-order valence-electron chi connectivity index (χ2n) is 8.13. The Kier molecular flexibility index (Phi) is 5.53. The van der Waals surface area contributed by atoms with Crippen molar-refractivity contribution in [3.63, 3.8) is 0 Å². The van der Waals surface area contributed by atoms with Gasteiger partial charge in [-0.15, -0.1) is 13.2 Å². The Morgan fingerprint density at radius 3 is 2.60 bits per heavy atom. The number of aromatic nitrogens is 3. The van der Waals surface area contributed by atoms with Crippen molar-refractivity contribution in [3.05, 3.63) is 65.1 Å². The number of H-pyrrole nitrogens is 1. The monoisotopic (exact) mass is 491 g/mol. The first-order valence-electron chi connectivity index (χ1n) is 10.4. The highest BCUT2D eigenvalue weighted by atomic mass is 19.4. The Balaban J connectivity index is 1.16. The van der Waals surface area contributed by atoms with Gasteiger partial charge in [-0.1, -0.05) is 12.1 Å². The number of alkyl halides is 3. The van der Waals surface area contributed by atoms with Crippen molar-refractivity contribution in [2.75, 3.05) is 19.6 Å². The fraction of sp³-hybridized carbons (Fsp3) is 0.273. The second kappa shape index (κ2) is 8.56. The number of carbonyl (C=O) groups excluding carboxylic acids is 2. The summed E-state index contributed by atoms with van der Waals surface area (Å²) >= 11 is 0. The molecular formula is C22H17F4N5O4. The van der Waals surface area contributed by atoms with E-state index in [0.717, 1.165) is 23.8 Å². The normalized spacial score (nSPS) is 17.5. The minimum absolute atomic E-state index is 0.0536. The van der Waals surface area contributed by atoms with E-state index in [1.807, 2.05) is 0 Å². The predicted molar refractivity (Wildman–Crippen MR) is 111 cm³/mol. The number of benzene rings is 2. The summed E-state index contributed by atoms with van der Waals surface area (Å²) in [4.78, 5) is 28.3. The quantitative estimate of drug-likeness (QED) is 0.560. The molecule has 0 bridgehead atoms. The molecule has 9 nitrogen and oxygen atoms in total. The lowest BCUT2D eigenvalue weighted by Gasteiger charge is -2.19. The lowest BCUT2D eigenvalue weighted by atomic mass is 10.1. The number of amides is 2. The van der Waals surface area contributed by atoms with Crippen LogP contribution in [0.4, 0.5) is 22.4 Å². The maximum atomic E-state index is 14.2. The summed E-state index contributed by atoms with van der Waals surface area (Å²) in [6.07, 6.45) is -3.70. The van der Waals surface area contributed by atoms with Crippen LogP contribution in [-0.2, 0) is 11.3 Å². The van der Waals surface area contributed by atoms with Gasteiger partial charge in [0, 0.05) is 37.3 Å². The standard InChI is InChI=1S/C22H17F4N5O4/c23-17-5-13(6-18-19(17)28-29-27-18)20(32)30-7-14-9-31(10-15(14)8-30)21(33)34-11-12-1-3-16(4-2-12)35-22(24,25)26/h1-7,15H,8-11H2,(H,27,28,29)/t15-/m0/s1. The van der Waals surface area contributed by atoms with Crippen molar-refractivity contribution < 1.29 is 36.6 Å². The first-order valence-corrected chi connectivity index (χ1v) is 10.4. The van der Waals surface area contributed by atoms with E-state index in [1.54, 1.807) is 6.20 Å². The molecule has 2 amide bonds. The zero-order valence-electron chi connectivity index (χ0n) is 17.9. The maximum absolute atomic E-state index is 14.2. The summed E-state index contributed by atoms with van der Waals surface area (Å²) in [6.45, 7) is 0.814. The highest BCUT2D eigenvalue weighted by Gasteiger charge is 2.38. The average molecular weight is 491 g/mol. The van der Waals surface area contributed by atoms with Crippen LogP contribution >= 0.6 is 0 Å². The van der Waals surface area contributed by atoms with Gasteiger partial charge in [0.25, 0.3) is 5.91 Å². The fourth-order valence-electron chi connectivity index (χ4n) is 4.11. The number of likely N-dealkylation sites (tertiary alicyclic amines) is 1. The molecule has 0 spiro atoms. The van der Waals surface area contributed by atoms with E-state index in [-0.39, 0.29) is 47.3 Å². The van der Waals surface area contributed by atoms with Gasteiger partial charge in [-0.05, 0) is 35.4 Å². The molecule has 1 aromatic heterocycles. The van der Waals surface area contributed by atoms with E-state index in [1.165, 1.54) is 28.0 Å². The summed E-state index contributed by atoms with van der Waals surface area (Å²) in [6, 6.07) is 7.60. The molecule has 5 rings (SSSR count). The van der Waals surface area contributed by atoms with Gasteiger partial charge in [0.05, 0.1) is 0 Å². The molecule has 1 atom stereocenters. The molecule has 0 radical (unpaired) electrons. The van der Waals surface area contributed by atoms with E-state index in [0.29, 0.717) is 18.7 Å². The molecule has 1 fully saturated rings. The van der Waals surface area contributed by atoms with Crippen LogP contribution in [0.2, 0.25) is 0 Å². The van der Waals surface area contributed by atoms with Crippen molar-refractivity contribution >= 4 is 23.0 Å². The molecule has 182 valence electrons. The summed E-state index contributed by atoms with van der Waals surface area (Å²) in [5, 5.41) is 9.84. The van der Waals surface area contributed by atoms with Crippen molar-refractivity contribution in [1.82, 2.24) is 25.2 Å². The zero-order valence-corrected chi connectivity index (χ0v) is 17.9. The first-order chi connectivity index (χ1) is 16.7. The van der Waals surface area contributed by atoms with E-state index < -0.39 is 18.3 Å². The predicted octanol–water partition coefficient (Wildman–Crippen LogP) is 3.60. The molecule has 2 aliphatic rings. The van der Waals surface area contributed by atoms with E-state index in [2.05, 4.69) is 20.1 Å². The number of halogens is 4. The van der Waals surface area contributed by atoms with Crippen molar-refractivity contribution in [2.45, 2.75) is 13.0 Å². The van der Waals surface area contributed by atoms with Crippen LogP contribution in [0.25, 0.3) is 11.0 Å². The first kappa shape index (κ1) is 22.6. The molecule has 0 aliphatic carbocycles. The highest BCUT2D eigenvalue weighted by Crippen LogP contribution is 2.31. The van der Waals surface area contributed by atoms with E-state index >= 15 is 0 Å². The lowest BCUT2D eigenvalue weighted by Crippen LogP contribution is -2.33. The topological polar surface area (TPSA) is 101 Å². The summed E-state index contributed by atoms with van der Waals surface area (Å²) < 4.78 is 59.9. The number of aromatic amines is 1. The Hall–Kier alpha value is -4.16. The van der Waals surface area contributed by atoms with Crippen molar-refractivity contribution in [2.24, 2.45) is 5.92 Å². The average Bonchev–Trinajstić information content (AvgIpc) is 3.52. The number of nitrogens with one attached hydrogen (secondary N) is 1. The highest BCUT2D eigenvalue weighted by molar-refractivity contribution is 5.98. The number of carbonyl (C=O) groups is 2.